The Balaban J connectivity index is 1.74. The zero-order valence-corrected chi connectivity index (χ0v) is 13.7. The maximum absolute atomic E-state index is 12.2. The quantitative estimate of drug-likeness (QED) is 0.740. The average molecular weight is 344 g/mol. The number of hydrogen-bond acceptors (Lipinski definition) is 4. The number of sulfonamides is 1. The van der Waals surface area contributed by atoms with Crippen molar-refractivity contribution < 1.29 is 13.2 Å². The number of nitrogens with zero attached hydrogens (tertiary/aromatic N) is 2. The number of primary sulfonamides is 1. The number of para-hydroxylation sites is 2. The van der Waals surface area contributed by atoms with Crippen LogP contribution in [0.4, 0.5) is 0 Å². The van der Waals surface area contributed by atoms with E-state index in [-0.39, 0.29) is 17.3 Å². The Hall–Kier alpha value is -2.71. The summed E-state index contributed by atoms with van der Waals surface area (Å²) in [6.07, 6.45) is 0. The van der Waals surface area contributed by atoms with Gasteiger partial charge in [-0.15, -0.1) is 0 Å². The molecule has 0 aliphatic carbocycles. The van der Waals surface area contributed by atoms with Gasteiger partial charge in [0.15, 0.2) is 0 Å². The molecule has 3 N–H and O–H groups in total. The number of fused-ring (bicyclic) bond motifs is 1. The topological polar surface area (TPSA) is 107 Å². The fourth-order valence-electron chi connectivity index (χ4n) is 2.41. The van der Waals surface area contributed by atoms with Gasteiger partial charge in [0.2, 0.25) is 10.0 Å². The first kappa shape index (κ1) is 16.2. The molecule has 0 bridgehead atoms. The lowest BCUT2D eigenvalue weighted by atomic mass is 10.2. The van der Waals surface area contributed by atoms with E-state index < -0.39 is 10.0 Å². The van der Waals surface area contributed by atoms with Crippen molar-refractivity contribution in [3.8, 4) is 0 Å². The van der Waals surface area contributed by atoms with Crippen molar-refractivity contribution in [2.45, 2.75) is 11.4 Å². The Bertz CT molecular complexity index is 1010. The molecule has 2 aromatic carbocycles. The molecule has 0 radical (unpaired) electrons. The Morgan fingerprint density at radius 3 is 2.46 bits per heavy atom. The molecule has 0 unspecified atom stereocenters. The molecular formula is C16H16N4O3S. The summed E-state index contributed by atoms with van der Waals surface area (Å²) in [7, 11) is -1.88. The Morgan fingerprint density at radius 1 is 1.17 bits per heavy atom. The summed E-state index contributed by atoms with van der Waals surface area (Å²) in [5.74, 6) is 0.411. The number of aromatic nitrogens is 2. The number of hydrogen-bond donors (Lipinski definition) is 2. The molecule has 0 aliphatic rings. The third-order valence-corrected chi connectivity index (χ3v) is 4.66. The summed E-state index contributed by atoms with van der Waals surface area (Å²) in [5.41, 5.74) is 2.20. The van der Waals surface area contributed by atoms with Crippen molar-refractivity contribution >= 4 is 27.0 Å². The van der Waals surface area contributed by atoms with Gasteiger partial charge in [-0.1, -0.05) is 12.1 Å². The highest BCUT2D eigenvalue weighted by Crippen LogP contribution is 2.14. The molecule has 0 fully saturated rings. The fourth-order valence-corrected chi connectivity index (χ4v) is 2.93. The van der Waals surface area contributed by atoms with E-state index in [0.717, 1.165) is 16.9 Å². The minimum Gasteiger partial charge on any atom is -0.345 e. The number of nitrogens with one attached hydrogen (secondary N) is 1. The lowest BCUT2D eigenvalue weighted by Gasteiger charge is -2.06. The van der Waals surface area contributed by atoms with Crippen LogP contribution >= 0.6 is 0 Å². The van der Waals surface area contributed by atoms with Gasteiger partial charge in [-0.05, 0) is 36.4 Å². The summed E-state index contributed by atoms with van der Waals surface area (Å²) in [5, 5.41) is 7.80. The van der Waals surface area contributed by atoms with Gasteiger partial charge in [0, 0.05) is 12.6 Å². The van der Waals surface area contributed by atoms with Gasteiger partial charge in [-0.2, -0.15) is 0 Å². The van der Waals surface area contributed by atoms with E-state index >= 15 is 0 Å². The molecular weight excluding hydrogens is 328 g/mol. The van der Waals surface area contributed by atoms with E-state index in [1.165, 1.54) is 24.3 Å². The van der Waals surface area contributed by atoms with Crippen LogP contribution < -0.4 is 10.5 Å². The minimum atomic E-state index is -3.77. The van der Waals surface area contributed by atoms with E-state index in [4.69, 9.17) is 5.14 Å². The van der Waals surface area contributed by atoms with Crippen molar-refractivity contribution in [3.05, 3.63) is 59.9 Å². The van der Waals surface area contributed by atoms with Crippen LogP contribution in [0.1, 0.15) is 16.2 Å². The number of amides is 1. The molecule has 3 aromatic rings. The van der Waals surface area contributed by atoms with Crippen molar-refractivity contribution in [2.24, 2.45) is 12.2 Å². The molecule has 0 saturated carbocycles. The predicted molar refractivity (Wildman–Crippen MR) is 89.7 cm³/mol. The lowest BCUT2D eigenvalue weighted by molar-refractivity contribution is 0.0949. The molecule has 7 nitrogen and oxygen atoms in total. The van der Waals surface area contributed by atoms with Crippen molar-refractivity contribution in [1.29, 1.82) is 0 Å². The van der Waals surface area contributed by atoms with Crippen molar-refractivity contribution in [1.82, 2.24) is 14.9 Å². The van der Waals surface area contributed by atoms with Crippen LogP contribution in [0.5, 0.6) is 0 Å². The maximum Gasteiger partial charge on any atom is 0.251 e. The van der Waals surface area contributed by atoms with Crippen LogP contribution in [0.25, 0.3) is 11.0 Å². The highest BCUT2D eigenvalue weighted by atomic mass is 32.2. The van der Waals surface area contributed by atoms with E-state index in [1.54, 1.807) is 0 Å². The van der Waals surface area contributed by atoms with Crippen LogP contribution in [0.3, 0.4) is 0 Å². The standard InChI is InChI=1S/C16H16N4O3S/c1-20-14-5-3-2-4-13(14)19-15(20)10-18-16(21)11-6-8-12(9-7-11)24(17,22)23/h2-9H,10H2,1H3,(H,18,21)(H2,17,22,23). The van der Waals surface area contributed by atoms with E-state index in [0.29, 0.717) is 5.56 Å². The number of imidazole rings is 1. The van der Waals surface area contributed by atoms with Gasteiger partial charge in [-0.3, -0.25) is 4.79 Å². The number of carbonyl (C=O) groups is 1. The SMILES string of the molecule is Cn1c(CNC(=O)c2ccc(S(N)(=O)=O)cc2)nc2ccccc21. The van der Waals surface area contributed by atoms with Gasteiger partial charge in [-0.25, -0.2) is 18.5 Å². The van der Waals surface area contributed by atoms with E-state index in [1.807, 2.05) is 35.9 Å². The van der Waals surface area contributed by atoms with Crippen LogP contribution in [-0.4, -0.2) is 23.9 Å². The van der Waals surface area contributed by atoms with Crippen LogP contribution in [-0.2, 0) is 23.6 Å². The Kier molecular flexibility index (Phi) is 4.08. The highest BCUT2D eigenvalue weighted by Gasteiger charge is 2.12. The summed E-state index contributed by atoms with van der Waals surface area (Å²) in [6.45, 7) is 0.265. The van der Waals surface area contributed by atoms with Gasteiger partial charge in [0.1, 0.15) is 5.82 Å². The predicted octanol–water partition coefficient (Wildman–Crippen LogP) is 1.15. The molecule has 1 aromatic heterocycles. The lowest BCUT2D eigenvalue weighted by Crippen LogP contribution is -2.24. The molecule has 24 heavy (non-hydrogen) atoms. The summed E-state index contributed by atoms with van der Waals surface area (Å²) >= 11 is 0. The molecule has 8 heteroatoms. The number of carbonyl (C=O) groups excluding carboxylic acids is 1. The number of benzene rings is 2. The number of nitrogens with two attached hydrogens (primary N) is 1. The smallest absolute Gasteiger partial charge is 0.251 e. The molecule has 0 atom stereocenters. The van der Waals surface area contributed by atoms with Gasteiger partial charge in [0.05, 0.1) is 22.5 Å². The second kappa shape index (κ2) is 6.06. The first-order chi connectivity index (χ1) is 11.4. The first-order valence-electron chi connectivity index (χ1n) is 7.17. The number of rotatable bonds is 4. The van der Waals surface area contributed by atoms with Crippen molar-refractivity contribution in [2.75, 3.05) is 0 Å². The van der Waals surface area contributed by atoms with E-state index in [2.05, 4.69) is 10.3 Å². The molecule has 3 rings (SSSR count). The normalized spacial score (nSPS) is 11.6. The largest absolute Gasteiger partial charge is 0.345 e. The Labute approximate surface area is 139 Å². The molecule has 1 heterocycles. The Morgan fingerprint density at radius 2 is 1.83 bits per heavy atom. The van der Waals surface area contributed by atoms with Crippen LogP contribution in [0.15, 0.2) is 53.4 Å². The third kappa shape index (κ3) is 3.15. The summed E-state index contributed by atoms with van der Waals surface area (Å²) < 4.78 is 24.3. The van der Waals surface area contributed by atoms with Gasteiger partial charge in [0.25, 0.3) is 5.91 Å². The second-order valence-electron chi connectivity index (χ2n) is 5.33. The van der Waals surface area contributed by atoms with E-state index in [9.17, 15) is 13.2 Å². The first-order valence-corrected chi connectivity index (χ1v) is 8.72. The second-order valence-corrected chi connectivity index (χ2v) is 6.89. The number of aryl methyl sites for hydroxylation is 1. The molecule has 1 amide bonds. The van der Waals surface area contributed by atoms with Gasteiger partial charge >= 0.3 is 0 Å². The van der Waals surface area contributed by atoms with Gasteiger partial charge < -0.3 is 9.88 Å². The van der Waals surface area contributed by atoms with Crippen molar-refractivity contribution in [3.63, 3.8) is 0 Å². The van der Waals surface area contributed by atoms with Crippen LogP contribution in [0, 0.1) is 0 Å². The average Bonchev–Trinajstić information content (AvgIpc) is 2.88. The minimum absolute atomic E-state index is 0.0330. The van der Waals surface area contributed by atoms with Crippen LogP contribution in [0.2, 0.25) is 0 Å². The summed E-state index contributed by atoms with van der Waals surface area (Å²) in [4.78, 5) is 16.6. The molecule has 124 valence electrons. The molecule has 0 saturated heterocycles. The zero-order valence-electron chi connectivity index (χ0n) is 12.9. The maximum atomic E-state index is 12.2. The third-order valence-electron chi connectivity index (χ3n) is 3.73. The highest BCUT2D eigenvalue weighted by molar-refractivity contribution is 7.89. The molecule has 0 aliphatic heterocycles. The monoisotopic (exact) mass is 344 g/mol. The fraction of sp³-hybridized carbons (Fsp3) is 0.125. The molecule has 0 spiro atoms. The zero-order chi connectivity index (χ0) is 17.3. The summed E-state index contributed by atoms with van der Waals surface area (Å²) in [6, 6.07) is 13.2.